The lowest BCUT2D eigenvalue weighted by molar-refractivity contribution is -0.154. The molecule has 1 aromatic carbocycles. The van der Waals surface area contributed by atoms with Gasteiger partial charge in [0.05, 0.1) is 17.6 Å². The van der Waals surface area contributed by atoms with Gasteiger partial charge in [0.1, 0.15) is 11.8 Å². The average Bonchev–Trinajstić information content (AvgIpc) is 2.71. The number of halogens is 4. The van der Waals surface area contributed by atoms with Crippen LogP contribution in [0.1, 0.15) is 12.8 Å². The minimum Gasteiger partial charge on any atom is -0.506 e. The maximum Gasteiger partial charge on any atom is 0.534 e. The number of carboxylic acids is 1. The van der Waals surface area contributed by atoms with Gasteiger partial charge in [0.25, 0.3) is 5.91 Å². The molecule has 0 aliphatic carbocycles. The van der Waals surface area contributed by atoms with Crippen molar-refractivity contribution in [1.29, 1.82) is 0 Å². The summed E-state index contributed by atoms with van der Waals surface area (Å²) in [5.74, 6) is -5.20. The van der Waals surface area contributed by atoms with Crippen molar-refractivity contribution in [2.24, 2.45) is 5.73 Å². The molecule has 2 atom stereocenters. The predicted octanol–water partition coefficient (Wildman–Crippen LogP) is 0.873. The number of carbonyl (C=O) groups excluding carboxylic acids is 2. The number of rotatable bonds is 6. The van der Waals surface area contributed by atoms with E-state index in [1.165, 1.54) is 12.1 Å². The Hall–Kier alpha value is -3.04. The van der Waals surface area contributed by atoms with Crippen molar-refractivity contribution >= 4 is 45.2 Å². The summed E-state index contributed by atoms with van der Waals surface area (Å²) in [6, 6.07) is 1.25. The van der Waals surface area contributed by atoms with E-state index in [1.54, 1.807) is 0 Å². The second kappa shape index (κ2) is 8.39. The first kappa shape index (κ1) is 24.6. The predicted molar refractivity (Wildman–Crippen MR) is 104 cm³/mol. The van der Waals surface area contributed by atoms with Crippen molar-refractivity contribution in [2.45, 2.75) is 30.4 Å². The molecule has 0 spiro atoms. The first-order valence-corrected chi connectivity index (χ1v) is 10.8. The van der Waals surface area contributed by atoms with Crippen molar-refractivity contribution in [2.75, 3.05) is 11.4 Å². The molecule has 11 nitrogen and oxygen atoms in total. The summed E-state index contributed by atoms with van der Waals surface area (Å²) >= 11 is 5.75. The number of carboxylic acid groups (broad SMARTS) is 1. The first-order valence-electron chi connectivity index (χ1n) is 9.02. The molecule has 2 heterocycles. The largest absolute Gasteiger partial charge is 0.534 e. The van der Waals surface area contributed by atoms with Gasteiger partial charge in [-0.05, 0) is 18.6 Å². The molecule has 0 radical (unpaired) electrons. The summed E-state index contributed by atoms with van der Waals surface area (Å²) in [7, 11) is -6.18. The fourth-order valence-electron chi connectivity index (χ4n) is 3.60. The minimum atomic E-state index is -6.18. The standard InChI is InChI=1S/C17H15ClF3N3O8S/c18-8-2-1-7(5-10(8)25)23(12(26)6-22)13-9-3-4-11(32-33(30,31)17(19,20)21)14(16(28)29)24(9)15(13)27/h1-2,5,9,13,25H,3-4,6,22H2,(H,28,29)/t9-,13-/m0/s1. The lowest BCUT2D eigenvalue weighted by atomic mass is 9.84. The Morgan fingerprint density at radius 1 is 1.33 bits per heavy atom. The minimum absolute atomic E-state index is 0.00732. The number of hydrogen-bond acceptors (Lipinski definition) is 8. The summed E-state index contributed by atoms with van der Waals surface area (Å²) < 4.78 is 64.7. The number of anilines is 1. The molecule has 2 aliphatic heterocycles. The Labute approximate surface area is 188 Å². The molecular formula is C17H15ClF3N3O8S. The molecule has 1 saturated heterocycles. The number of allylic oxidation sites excluding steroid dienone is 1. The molecule has 2 amide bonds. The van der Waals surface area contributed by atoms with Gasteiger partial charge in [-0.15, -0.1) is 0 Å². The Morgan fingerprint density at radius 2 is 1.97 bits per heavy atom. The molecule has 3 rings (SSSR count). The van der Waals surface area contributed by atoms with Crippen LogP contribution in [0.5, 0.6) is 5.75 Å². The molecular weight excluding hydrogens is 499 g/mol. The highest BCUT2D eigenvalue weighted by Gasteiger charge is 2.58. The number of phenols is 1. The van der Waals surface area contributed by atoms with Crippen LogP contribution in [0.3, 0.4) is 0 Å². The van der Waals surface area contributed by atoms with Gasteiger partial charge in [0.2, 0.25) is 5.91 Å². The van der Waals surface area contributed by atoms with Gasteiger partial charge in [-0.25, -0.2) is 4.79 Å². The molecule has 0 bridgehead atoms. The molecule has 0 unspecified atom stereocenters. The zero-order valence-electron chi connectivity index (χ0n) is 16.2. The molecule has 180 valence electrons. The number of alkyl halides is 3. The zero-order chi connectivity index (χ0) is 24.9. The molecule has 16 heteroatoms. The lowest BCUT2D eigenvalue weighted by Crippen LogP contribution is -2.73. The van der Waals surface area contributed by atoms with Crippen LogP contribution in [0.25, 0.3) is 0 Å². The van der Waals surface area contributed by atoms with Crippen LogP contribution < -0.4 is 10.6 Å². The van der Waals surface area contributed by atoms with E-state index >= 15 is 0 Å². The van der Waals surface area contributed by atoms with Gasteiger partial charge in [-0.2, -0.15) is 21.6 Å². The second-order valence-electron chi connectivity index (χ2n) is 6.92. The Balaban J connectivity index is 2.01. The zero-order valence-corrected chi connectivity index (χ0v) is 17.8. The fourth-order valence-corrected chi connectivity index (χ4v) is 4.24. The van der Waals surface area contributed by atoms with Crippen molar-refractivity contribution in [3.8, 4) is 5.75 Å². The molecule has 33 heavy (non-hydrogen) atoms. The highest BCUT2D eigenvalue weighted by Crippen LogP contribution is 2.42. The number of hydrogen-bond donors (Lipinski definition) is 3. The fraction of sp³-hybridized carbons (Fsp3) is 0.353. The van der Waals surface area contributed by atoms with E-state index in [-0.39, 0.29) is 17.1 Å². The number of aromatic hydroxyl groups is 1. The van der Waals surface area contributed by atoms with Gasteiger partial charge >= 0.3 is 21.6 Å². The van der Waals surface area contributed by atoms with Gasteiger partial charge < -0.3 is 20.1 Å². The Kier molecular flexibility index (Phi) is 6.25. The summed E-state index contributed by atoms with van der Waals surface area (Å²) in [4.78, 5) is 38.6. The van der Waals surface area contributed by atoms with Crippen molar-refractivity contribution in [3.63, 3.8) is 0 Å². The smallest absolute Gasteiger partial charge is 0.506 e. The van der Waals surface area contributed by atoms with Gasteiger partial charge in [-0.1, -0.05) is 11.6 Å². The monoisotopic (exact) mass is 513 g/mol. The number of carbonyl (C=O) groups is 3. The van der Waals surface area contributed by atoms with E-state index in [2.05, 4.69) is 4.18 Å². The van der Waals surface area contributed by atoms with Crippen LogP contribution in [-0.4, -0.2) is 65.5 Å². The topological polar surface area (TPSA) is 168 Å². The van der Waals surface area contributed by atoms with Crippen LogP contribution in [0.2, 0.25) is 5.02 Å². The maximum absolute atomic E-state index is 12.9. The number of fused-ring (bicyclic) bond motifs is 1. The third-order valence-corrected chi connectivity index (χ3v) is 6.29. The van der Waals surface area contributed by atoms with Crippen molar-refractivity contribution in [3.05, 3.63) is 34.7 Å². The van der Waals surface area contributed by atoms with E-state index < -0.39 is 75.7 Å². The lowest BCUT2D eigenvalue weighted by Gasteiger charge is -2.53. The van der Waals surface area contributed by atoms with Gasteiger partial charge in [0.15, 0.2) is 11.5 Å². The van der Waals surface area contributed by atoms with E-state index in [0.717, 1.165) is 11.0 Å². The summed E-state index contributed by atoms with van der Waals surface area (Å²) in [5.41, 5.74) is -1.48. The SMILES string of the molecule is NCC(=O)N(c1ccc(Cl)c(O)c1)[C@@H]1C(=O)N2C(C(=O)O)=C(OS(=O)(=O)C(F)(F)F)CC[C@@H]12. The average molecular weight is 514 g/mol. The quantitative estimate of drug-likeness (QED) is 0.284. The third-order valence-electron chi connectivity index (χ3n) is 4.98. The van der Waals surface area contributed by atoms with Crippen LogP contribution in [-0.2, 0) is 28.7 Å². The second-order valence-corrected chi connectivity index (χ2v) is 8.87. The van der Waals surface area contributed by atoms with E-state index in [4.69, 9.17) is 17.3 Å². The molecule has 0 saturated carbocycles. The number of β-lactam (4-membered cyclic amide) rings is 1. The third kappa shape index (κ3) is 4.18. The normalized spacial score (nSPS) is 20.8. The molecule has 0 aromatic heterocycles. The molecule has 1 aromatic rings. The number of phenolic OH excluding ortho intramolecular Hbond substituents is 1. The molecule has 2 aliphatic rings. The van der Waals surface area contributed by atoms with Crippen molar-refractivity contribution in [1.82, 2.24) is 4.90 Å². The molecule has 4 N–H and O–H groups in total. The summed E-state index contributed by atoms with van der Waals surface area (Å²) in [6.45, 7) is -0.570. The molecule has 1 fully saturated rings. The van der Waals surface area contributed by atoms with Crippen LogP contribution in [0.4, 0.5) is 18.9 Å². The van der Waals surface area contributed by atoms with Crippen LogP contribution >= 0.6 is 11.6 Å². The first-order chi connectivity index (χ1) is 15.2. The number of amides is 2. The number of nitrogens with two attached hydrogens (primary N) is 1. The Bertz CT molecular complexity index is 1170. The van der Waals surface area contributed by atoms with Crippen LogP contribution in [0, 0.1) is 0 Å². The van der Waals surface area contributed by atoms with Crippen LogP contribution in [0.15, 0.2) is 29.7 Å². The van der Waals surface area contributed by atoms with E-state index in [9.17, 15) is 46.2 Å². The Morgan fingerprint density at radius 3 is 2.48 bits per heavy atom. The van der Waals surface area contributed by atoms with E-state index in [0.29, 0.717) is 4.90 Å². The van der Waals surface area contributed by atoms with Gasteiger partial charge in [-0.3, -0.25) is 19.4 Å². The van der Waals surface area contributed by atoms with E-state index in [1.807, 2.05) is 0 Å². The van der Waals surface area contributed by atoms with Crippen molar-refractivity contribution < 1.29 is 50.4 Å². The summed E-state index contributed by atoms with van der Waals surface area (Å²) in [6.07, 6.45) is -0.817. The highest BCUT2D eigenvalue weighted by molar-refractivity contribution is 7.87. The summed E-state index contributed by atoms with van der Waals surface area (Å²) in [5, 5.41) is 19.3. The number of benzene rings is 1. The van der Waals surface area contributed by atoms with Gasteiger partial charge in [0, 0.05) is 18.2 Å². The number of aliphatic carboxylic acids is 1. The maximum atomic E-state index is 12.9. The number of nitrogens with zero attached hydrogens (tertiary/aromatic N) is 2. The highest BCUT2D eigenvalue weighted by atomic mass is 35.5.